The van der Waals surface area contributed by atoms with E-state index in [0.717, 1.165) is 25.7 Å². The molecule has 27 heavy (non-hydrogen) atoms. The van der Waals surface area contributed by atoms with Crippen molar-refractivity contribution in [1.82, 2.24) is 9.88 Å². The van der Waals surface area contributed by atoms with Crippen LogP contribution in [0.1, 0.15) is 42.5 Å². The van der Waals surface area contributed by atoms with Crippen molar-refractivity contribution in [2.45, 2.75) is 44.2 Å². The summed E-state index contributed by atoms with van der Waals surface area (Å²) in [5.41, 5.74) is 0.142. The van der Waals surface area contributed by atoms with Crippen molar-refractivity contribution >= 4 is 21.7 Å². The van der Waals surface area contributed by atoms with Crippen LogP contribution in [0.15, 0.2) is 18.3 Å². The van der Waals surface area contributed by atoms with Crippen molar-refractivity contribution in [2.75, 3.05) is 25.2 Å². The fourth-order valence-corrected chi connectivity index (χ4v) is 5.58. The van der Waals surface area contributed by atoms with Crippen LogP contribution in [0.2, 0.25) is 0 Å². The molecular weight excluding hydrogens is 372 g/mol. The van der Waals surface area contributed by atoms with Crippen molar-refractivity contribution in [2.24, 2.45) is 0 Å². The molecule has 1 aromatic rings. The van der Waals surface area contributed by atoms with Crippen LogP contribution in [-0.2, 0) is 19.4 Å². The number of ether oxygens (including phenoxy) is 2. The SMILES string of the molecule is COc1ncccc1C(=O)OCC(=O)N(C1CCCC1)C1CCS(=O)(=O)C1. The van der Waals surface area contributed by atoms with E-state index in [-0.39, 0.29) is 40.9 Å². The standard InChI is InChI=1S/C18H24N2O6S/c1-25-17-15(7-4-9-19-17)18(22)26-11-16(21)20(13-5-2-3-6-13)14-8-10-27(23,24)12-14/h4,7,9,13-14H,2-3,5-6,8,10-12H2,1H3. The molecule has 0 N–H and O–H groups in total. The Bertz CT molecular complexity index is 804. The van der Waals surface area contributed by atoms with E-state index in [4.69, 9.17) is 9.47 Å². The van der Waals surface area contributed by atoms with Crippen LogP contribution in [0, 0.1) is 0 Å². The summed E-state index contributed by atoms with van der Waals surface area (Å²) in [5.74, 6) is -0.830. The number of hydrogen-bond donors (Lipinski definition) is 0. The van der Waals surface area contributed by atoms with Gasteiger partial charge in [-0.15, -0.1) is 0 Å². The second-order valence-corrected chi connectivity index (χ2v) is 9.16. The molecule has 1 unspecified atom stereocenters. The summed E-state index contributed by atoms with van der Waals surface area (Å²) in [6.45, 7) is -0.427. The highest BCUT2D eigenvalue weighted by Crippen LogP contribution is 2.29. The van der Waals surface area contributed by atoms with Crippen molar-refractivity contribution in [3.63, 3.8) is 0 Å². The molecule has 1 aliphatic heterocycles. The number of hydrogen-bond acceptors (Lipinski definition) is 7. The fraction of sp³-hybridized carbons (Fsp3) is 0.611. The first-order valence-electron chi connectivity index (χ1n) is 9.09. The Hall–Kier alpha value is -2.16. The minimum absolute atomic E-state index is 0.0143. The first-order chi connectivity index (χ1) is 12.9. The highest BCUT2D eigenvalue weighted by atomic mass is 32.2. The van der Waals surface area contributed by atoms with E-state index in [1.807, 2.05) is 0 Å². The van der Waals surface area contributed by atoms with E-state index < -0.39 is 22.4 Å². The molecule has 9 heteroatoms. The van der Waals surface area contributed by atoms with Crippen LogP contribution >= 0.6 is 0 Å². The number of rotatable bonds is 6. The summed E-state index contributed by atoms with van der Waals surface area (Å²) in [6, 6.07) is 2.77. The second-order valence-electron chi connectivity index (χ2n) is 6.93. The average Bonchev–Trinajstić information content (AvgIpc) is 3.30. The van der Waals surface area contributed by atoms with Gasteiger partial charge < -0.3 is 14.4 Å². The van der Waals surface area contributed by atoms with Crippen molar-refractivity contribution in [3.8, 4) is 5.88 Å². The topological polar surface area (TPSA) is 103 Å². The first kappa shape index (κ1) is 19.6. The van der Waals surface area contributed by atoms with Gasteiger partial charge in [-0.25, -0.2) is 18.2 Å². The van der Waals surface area contributed by atoms with Gasteiger partial charge in [-0.2, -0.15) is 0 Å². The average molecular weight is 396 g/mol. The number of amides is 1. The highest BCUT2D eigenvalue weighted by Gasteiger charge is 2.39. The second kappa shape index (κ2) is 8.24. The maximum Gasteiger partial charge on any atom is 0.344 e. The van der Waals surface area contributed by atoms with Gasteiger partial charge in [-0.1, -0.05) is 12.8 Å². The summed E-state index contributed by atoms with van der Waals surface area (Å²) < 4.78 is 33.9. The van der Waals surface area contributed by atoms with E-state index >= 15 is 0 Å². The van der Waals surface area contributed by atoms with Crippen molar-refractivity contribution in [3.05, 3.63) is 23.9 Å². The molecule has 1 aliphatic carbocycles. The van der Waals surface area contributed by atoms with Gasteiger partial charge in [0, 0.05) is 18.3 Å². The number of sulfone groups is 1. The predicted octanol–water partition coefficient (Wildman–Crippen LogP) is 1.21. The lowest BCUT2D eigenvalue weighted by Crippen LogP contribution is -2.48. The van der Waals surface area contributed by atoms with Gasteiger partial charge in [0.15, 0.2) is 16.4 Å². The number of pyridine rings is 1. The van der Waals surface area contributed by atoms with Crippen LogP contribution in [0.25, 0.3) is 0 Å². The third-order valence-electron chi connectivity index (χ3n) is 5.12. The maximum absolute atomic E-state index is 12.8. The Morgan fingerprint density at radius 1 is 1.22 bits per heavy atom. The molecule has 8 nitrogen and oxygen atoms in total. The third kappa shape index (κ3) is 4.58. The quantitative estimate of drug-likeness (QED) is 0.666. The zero-order valence-electron chi connectivity index (χ0n) is 15.3. The van der Waals surface area contributed by atoms with Gasteiger partial charge in [0.1, 0.15) is 5.56 Å². The number of esters is 1. The third-order valence-corrected chi connectivity index (χ3v) is 6.87. The fourth-order valence-electron chi connectivity index (χ4n) is 3.87. The lowest BCUT2D eigenvalue weighted by molar-refractivity contribution is -0.139. The molecular formula is C18H24N2O6S. The molecule has 3 rings (SSSR count). The van der Waals surface area contributed by atoms with Crippen molar-refractivity contribution < 1.29 is 27.5 Å². The molecule has 1 atom stereocenters. The molecule has 1 saturated carbocycles. The van der Waals surface area contributed by atoms with Gasteiger partial charge in [-0.05, 0) is 31.4 Å². The van der Waals surface area contributed by atoms with Gasteiger partial charge in [0.05, 0.1) is 18.6 Å². The largest absolute Gasteiger partial charge is 0.480 e. The Labute approximate surface area is 158 Å². The van der Waals surface area contributed by atoms with Crippen LogP contribution in [-0.4, -0.2) is 67.5 Å². The smallest absolute Gasteiger partial charge is 0.344 e. The van der Waals surface area contributed by atoms with Crippen molar-refractivity contribution in [1.29, 1.82) is 0 Å². The molecule has 2 fully saturated rings. The molecule has 1 aromatic heterocycles. The minimum atomic E-state index is -3.11. The summed E-state index contributed by atoms with van der Waals surface area (Å²) in [6.07, 6.45) is 5.67. The molecule has 2 heterocycles. The normalized spacial score (nSPS) is 21.7. The molecule has 148 valence electrons. The molecule has 0 radical (unpaired) electrons. The van der Waals surface area contributed by atoms with E-state index in [1.165, 1.54) is 19.4 Å². The van der Waals surface area contributed by atoms with Crippen LogP contribution in [0.5, 0.6) is 5.88 Å². The number of carbonyl (C=O) groups is 2. The Kier molecular flexibility index (Phi) is 5.98. The lowest BCUT2D eigenvalue weighted by Gasteiger charge is -2.33. The summed E-state index contributed by atoms with van der Waals surface area (Å²) in [7, 11) is -1.72. The number of aromatic nitrogens is 1. The van der Waals surface area contributed by atoms with E-state index in [2.05, 4.69) is 4.98 Å². The Morgan fingerprint density at radius 2 is 1.96 bits per heavy atom. The van der Waals surface area contributed by atoms with Crippen LogP contribution < -0.4 is 4.74 Å². The summed E-state index contributed by atoms with van der Waals surface area (Å²) in [4.78, 5) is 30.7. The zero-order chi connectivity index (χ0) is 19.4. The Morgan fingerprint density at radius 3 is 2.59 bits per heavy atom. The molecule has 1 amide bonds. The number of carbonyl (C=O) groups excluding carboxylic acids is 2. The summed E-state index contributed by atoms with van der Waals surface area (Å²) in [5, 5.41) is 0. The van der Waals surface area contributed by atoms with Gasteiger partial charge in [0.2, 0.25) is 5.88 Å². The Balaban J connectivity index is 1.68. The molecule has 2 aliphatic rings. The highest BCUT2D eigenvalue weighted by molar-refractivity contribution is 7.91. The van der Waals surface area contributed by atoms with Gasteiger partial charge in [0.25, 0.3) is 5.91 Å². The zero-order valence-corrected chi connectivity index (χ0v) is 16.1. The molecule has 1 saturated heterocycles. The van der Waals surface area contributed by atoms with Crippen LogP contribution in [0.3, 0.4) is 0 Å². The number of nitrogens with zero attached hydrogens (tertiary/aromatic N) is 2. The van der Waals surface area contributed by atoms with E-state index in [9.17, 15) is 18.0 Å². The van der Waals surface area contributed by atoms with Gasteiger partial charge >= 0.3 is 5.97 Å². The van der Waals surface area contributed by atoms with E-state index in [1.54, 1.807) is 11.0 Å². The first-order valence-corrected chi connectivity index (χ1v) is 10.9. The molecule has 0 spiro atoms. The monoisotopic (exact) mass is 396 g/mol. The van der Waals surface area contributed by atoms with Crippen LogP contribution in [0.4, 0.5) is 0 Å². The maximum atomic E-state index is 12.8. The predicted molar refractivity (Wildman–Crippen MR) is 97.2 cm³/mol. The summed E-state index contributed by atoms with van der Waals surface area (Å²) >= 11 is 0. The van der Waals surface area contributed by atoms with E-state index in [0.29, 0.717) is 6.42 Å². The lowest BCUT2D eigenvalue weighted by atomic mass is 10.1. The van der Waals surface area contributed by atoms with Gasteiger partial charge in [-0.3, -0.25) is 4.79 Å². The molecule has 0 aromatic carbocycles. The number of methoxy groups -OCH3 is 1. The molecule has 0 bridgehead atoms. The minimum Gasteiger partial charge on any atom is -0.480 e.